The van der Waals surface area contributed by atoms with Crippen molar-refractivity contribution in [3.8, 4) is 0 Å². The van der Waals surface area contributed by atoms with Crippen LogP contribution in [-0.2, 0) is 16.1 Å². The standard InChI is InChI=1S/C21H25N3O2/c25-21(26-14-15-4-2-1-3-5-15)20-16(12-18-6-7-19(20)24-18)13-23-17-8-10-22-11-9-17/h1-5,8-11,16,18-20,24H,6-7,12-14H2,(H,22,23). The molecule has 2 N–H and O–H groups in total. The van der Waals surface area contributed by atoms with Crippen molar-refractivity contribution in [1.29, 1.82) is 0 Å². The number of hydrogen-bond donors (Lipinski definition) is 2. The van der Waals surface area contributed by atoms with Gasteiger partial charge < -0.3 is 15.4 Å². The molecule has 0 radical (unpaired) electrons. The van der Waals surface area contributed by atoms with Crippen LogP contribution in [-0.4, -0.2) is 29.6 Å². The summed E-state index contributed by atoms with van der Waals surface area (Å²) in [5.74, 6) is 0.116. The van der Waals surface area contributed by atoms with Crippen molar-refractivity contribution in [2.24, 2.45) is 11.8 Å². The summed E-state index contributed by atoms with van der Waals surface area (Å²) in [5.41, 5.74) is 2.07. The molecule has 3 heterocycles. The second kappa shape index (κ2) is 7.87. The highest BCUT2D eigenvalue weighted by Crippen LogP contribution is 2.37. The van der Waals surface area contributed by atoms with Crippen molar-refractivity contribution in [3.05, 3.63) is 60.4 Å². The van der Waals surface area contributed by atoms with Crippen LogP contribution in [0.2, 0.25) is 0 Å². The molecule has 4 unspecified atom stereocenters. The molecule has 0 saturated carbocycles. The molecular formula is C21H25N3O2. The second-order valence-electron chi connectivity index (χ2n) is 7.28. The van der Waals surface area contributed by atoms with Crippen LogP contribution in [0.1, 0.15) is 24.8 Å². The van der Waals surface area contributed by atoms with Crippen molar-refractivity contribution in [1.82, 2.24) is 10.3 Å². The Hall–Kier alpha value is -2.40. The largest absolute Gasteiger partial charge is 0.461 e. The molecule has 2 fully saturated rings. The van der Waals surface area contributed by atoms with E-state index in [1.165, 1.54) is 0 Å². The summed E-state index contributed by atoms with van der Waals surface area (Å²) in [4.78, 5) is 16.9. The van der Waals surface area contributed by atoms with Crippen molar-refractivity contribution < 1.29 is 9.53 Å². The number of pyridine rings is 1. The Morgan fingerprint density at radius 1 is 1.15 bits per heavy atom. The molecule has 2 aromatic rings. The number of anilines is 1. The molecule has 2 aliphatic rings. The number of carbonyl (C=O) groups excluding carboxylic acids is 1. The molecule has 2 bridgehead atoms. The number of nitrogens with zero attached hydrogens (tertiary/aromatic N) is 1. The minimum absolute atomic E-state index is 0.0757. The first kappa shape index (κ1) is 17.0. The summed E-state index contributed by atoms with van der Waals surface area (Å²) in [6.07, 6.45) is 6.78. The molecule has 1 aromatic heterocycles. The van der Waals surface area contributed by atoms with Crippen molar-refractivity contribution in [2.75, 3.05) is 11.9 Å². The van der Waals surface area contributed by atoms with Crippen LogP contribution < -0.4 is 10.6 Å². The summed E-state index contributed by atoms with van der Waals surface area (Å²) in [6.45, 7) is 1.13. The summed E-state index contributed by atoms with van der Waals surface area (Å²) in [7, 11) is 0. The first-order valence-electron chi connectivity index (χ1n) is 9.40. The summed E-state index contributed by atoms with van der Waals surface area (Å²) in [5, 5.41) is 7.08. The highest BCUT2D eigenvalue weighted by molar-refractivity contribution is 5.74. The van der Waals surface area contributed by atoms with Crippen molar-refractivity contribution >= 4 is 11.7 Å². The lowest BCUT2D eigenvalue weighted by atomic mass is 9.81. The normalized spacial score (nSPS) is 27.1. The molecule has 136 valence electrons. The third-order valence-corrected chi connectivity index (χ3v) is 5.55. The number of rotatable bonds is 6. The Morgan fingerprint density at radius 2 is 1.96 bits per heavy atom. The number of carbonyl (C=O) groups is 1. The quantitative estimate of drug-likeness (QED) is 0.784. The van der Waals surface area contributed by atoms with E-state index in [2.05, 4.69) is 15.6 Å². The molecule has 4 rings (SSSR count). The summed E-state index contributed by atoms with van der Waals surface area (Å²) in [6, 6.07) is 14.6. The van der Waals surface area contributed by atoms with Gasteiger partial charge in [0.1, 0.15) is 6.61 Å². The average molecular weight is 351 g/mol. The summed E-state index contributed by atoms with van der Waals surface area (Å²) >= 11 is 0. The fourth-order valence-corrected chi connectivity index (χ4v) is 4.27. The average Bonchev–Trinajstić information content (AvgIpc) is 3.07. The van der Waals surface area contributed by atoms with Crippen LogP contribution >= 0.6 is 0 Å². The zero-order valence-corrected chi connectivity index (χ0v) is 14.8. The highest BCUT2D eigenvalue weighted by Gasteiger charge is 2.45. The van der Waals surface area contributed by atoms with E-state index in [9.17, 15) is 4.79 Å². The van der Waals surface area contributed by atoms with E-state index in [0.717, 1.165) is 37.1 Å². The van der Waals surface area contributed by atoms with E-state index in [1.807, 2.05) is 42.5 Å². The molecule has 5 heteroatoms. The lowest BCUT2D eigenvalue weighted by Crippen LogP contribution is -2.50. The van der Waals surface area contributed by atoms with Crippen LogP contribution in [0.25, 0.3) is 0 Å². The van der Waals surface area contributed by atoms with Gasteiger partial charge in [0.05, 0.1) is 5.92 Å². The number of hydrogen-bond acceptors (Lipinski definition) is 5. The van der Waals surface area contributed by atoms with E-state index in [0.29, 0.717) is 12.6 Å². The Morgan fingerprint density at radius 3 is 2.77 bits per heavy atom. The van der Waals surface area contributed by atoms with Gasteiger partial charge in [-0.2, -0.15) is 0 Å². The molecule has 2 saturated heterocycles. The first-order chi connectivity index (χ1) is 12.8. The number of aromatic nitrogens is 1. The van der Waals surface area contributed by atoms with Crippen molar-refractivity contribution in [3.63, 3.8) is 0 Å². The lowest BCUT2D eigenvalue weighted by molar-refractivity contribution is -0.153. The maximum Gasteiger partial charge on any atom is 0.311 e. The summed E-state index contributed by atoms with van der Waals surface area (Å²) < 4.78 is 5.68. The zero-order valence-electron chi connectivity index (χ0n) is 14.8. The molecular weight excluding hydrogens is 326 g/mol. The van der Waals surface area contributed by atoms with Gasteiger partial charge in [-0.15, -0.1) is 0 Å². The smallest absolute Gasteiger partial charge is 0.311 e. The van der Waals surface area contributed by atoms with Gasteiger partial charge in [0.2, 0.25) is 0 Å². The van der Waals surface area contributed by atoms with Crippen LogP contribution in [0, 0.1) is 11.8 Å². The molecule has 0 amide bonds. The lowest BCUT2D eigenvalue weighted by Gasteiger charge is -2.36. The number of fused-ring (bicyclic) bond motifs is 2. The monoisotopic (exact) mass is 351 g/mol. The van der Waals surface area contributed by atoms with Gasteiger partial charge in [-0.1, -0.05) is 30.3 Å². The minimum atomic E-state index is -0.0909. The van der Waals surface area contributed by atoms with Crippen LogP contribution in [0.4, 0.5) is 5.69 Å². The Kier molecular flexibility index (Phi) is 5.16. The third kappa shape index (κ3) is 3.88. The minimum Gasteiger partial charge on any atom is -0.461 e. The molecule has 5 nitrogen and oxygen atoms in total. The van der Waals surface area contributed by atoms with Crippen LogP contribution in [0.5, 0.6) is 0 Å². The maximum atomic E-state index is 12.9. The van der Waals surface area contributed by atoms with E-state index in [1.54, 1.807) is 12.4 Å². The van der Waals surface area contributed by atoms with Gasteiger partial charge in [0.25, 0.3) is 0 Å². The number of esters is 1. The molecule has 2 aliphatic heterocycles. The van der Waals surface area contributed by atoms with Crippen LogP contribution in [0.3, 0.4) is 0 Å². The zero-order chi connectivity index (χ0) is 17.8. The first-order valence-corrected chi connectivity index (χ1v) is 9.40. The Labute approximate surface area is 154 Å². The van der Waals surface area contributed by atoms with Gasteiger partial charge in [0.15, 0.2) is 0 Å². The van der Waals surface area contributed by atoms with Gasteiger partial charge in [-0.3, -0.25) is 9.78 Å². The van der Waals surface area contributed by atoms with E-state index >= 15 is 0 Å². The van der Waals surface area contributed by atoms with Gasteiger partial charge in [0, 0.05) is 36.7 Å². The predicted molar refractivity (Wildman–Crippen MR) is 101 cm³/mol. The fraction of sp³-hybridized carbons (Fsp3) is 0.429. The van der Waals surface area contributed by atoms with E-state index < -0.39 is 0 Å². The highest BCUT2D eigenvalue weighted by atomic mass is 16.5. The Bertz CT molecular complexity index is 723. The van der Waals surface area contributed by atoms with Gasteiger partial charge >= 0.3 is 5.97 Å². The van der Waals surface area contributed by atoms with Gasteiger partial charge in [-0.05, 0) is 42.9 Å². The number of piperidine rings is 1. The second-order valence-corrected chi connectivity index (χ2v) is 7.28. The topological polar surface area (TPSA) is 63.2 Å². The molecule has 26 heavy (non-hydrogen) atoms. The molecule has 1 aromatic carbocycles. The molecule has 4 atom stereocenters. The molecule has 0 aliphatic carbocycles. The molecule has 0 spiro atoms. The van der Waals surface area contributed by atoms with E-state index in [-0.39, 0.29) is 23.8 Å². The van der Waals surface area contributed by atoms with Crippen molar-refractivity contribution in [2.45, 2.75) is 38.0 Å². The van der Waals surface area contributed by atoms with E-state index in [4.69, 9.17) is 4.74 Å². The predicted octanol–water partition coefficient (Wildman–Crippen LogP) is 2.99. The maximum absolute atomic E-state index is 12.9. The van der Waals surface area contributed by atoms with Gasteiger partial charge in [-0.25, -0.2) is 0 Å². The fourth-order valence-electron chi connectivity index (χ4n) is 4.27. The van der Waals surface area contributed by atoms with Crippen LogP contribution in [0.15, 0.2) is 54.9 Å². The number of nitrogens with one attached hydrogen (secondary N) is 2. The number of benzene rings is 1. The Balaban J connectivity index is 1.41. The third-order valence-electron chi connectivity index (χ3n) is 5.55. The SMILES string of the molecule is O=C(OCc1ccccc1)C1C(CNc2ccncc2)CC2CCC1N2. The number of ether oxygens (including phenoxy) is 1.